The molecule has 0 aliphatic heterocycles. The van der Waals surface area contributed by atoms with E-state index in [1.54, 1.807) is 0 Å². The van der Waals surface area contributed by atoms with Crippen molar-refractivity contribution in [1.82, 2.24) is 19.4 Å². The molecule has 9 rings (SSSR count). The third-order valence-corrected chi connectivity index (χ3v) is 7.99. The lowest BCUT2D eigenvalue weighted by Gasteiger charge is -2.09. The predicted molar refractivity (Wildman–Crippen MR) is 140 cm³/mol. The van der Waals surface area contributed by atoms with Crippen LogP contribution in [0.2, 0.25) is 0 Å². The van der Waals surface area contributed by atoms with Crippen LogP contribution in [-0.2, 0) is 12.8 Å². The van der Waals surface area contributed by atoms with Crippen LogP contribution in [0.4, 0.5) is 0 Å². The topological polar surface area (TPSA) is 43.1 Å². The summed E-state index contributed by atoms with van der Waals surface area (Å²) in [5, 5.41) is 3.32. The third kappa shape index (κ3) is 2.11. The lowest BCUT2D eigenvalue weighted by Crippen LogP contribution is -1.94. The molecule has 35 heavy (non-hydrogen) atoms. The van der Waals surface area contributed by atoms with Crippen LogP contribution >= 0.6 is 0 Å². The molecule has 4 aromatic heterocycles. The largest absolute Gasteiger partial charge is 0.276 e. The van der Waals surface area contributed by atoms with Crippen LogP contribution < -0.4 is 0 Å². The van der Waals surface area contributed by atoms with Crippen molar-refractivity contribution in [2.75, 3.05) is 0 Å². The highest BCUT2D eigenvalue weighted by Crippen LogP contribution is 2.49. The molecule has 4 heterocycles. The Labute approximate surface area is 200 Å². The van der Waals surface area contributed by atoms with E-state index in [4.69, 9.17) is 9.97 Å². The van der Waals surface area contributed by atoms with E-state index in [0.717, 1.165) is 51.3 Å². The van der Waals surface area contributed by atoms with Crippen LogP contribution in [0.15, 0.2) is 85.3 Å². The molecule has 0 saturated carbocycles. The van der Waals surface area contributed by atoms with E-state index in [0.29, 0.717) is 0 Å². The van der Waals surface area contributed by atoms with E-state index < -0.39 is 0 Å². The highest BCUT2D eigenvalue weighted by Gasteiger charge is 2.30. The molecule has 0 atom stereocenters. The summed E-state index contributed by atoms with van der Waals surface area (Å²) in [6.07, 6.45) is 7.56. The summed E-state index contributed by atoms with van der Waals surface area (Å²) in [6, 6.07) is 24.2. The van der Waals surface area contributed by atoms with Crippen molar-refractivity contribution in [3.8, 4) is 22.3 Å². The number of rotatable bonds is 0. The zero-order chi connectivity index (χ0) is 22.7. The van der Waals surface area contributed by atoms with Crippen LogP contribution in [0.25, 0.3) is 60.7 Å². The van der Waals surface area contributed by atoms with Crippen molar-refractivity contribution < 1.29 is 0 Å². The van der Waals surface area contributed by atoms with E-state index >= 15 is 0 Å². The van der Waals surface area contributed by atoms with E-state index in [1.807, 2.05) is 24.7 Å². The lowest BCUT2D eigenvalue weighted by molar-refractivity contribution is 1.23. The normalized spacial score (nSPS) is 13.5. The fourth-order valence-corrected chi connectivity index (χ4v) is 6.53. The Kier molecular flexibility index (Phi) is 3.11. The molecule has 0 radical (unpaired) electrons. The molecule has 0 unspecified atom stereocenters. The summed E-state index contributed by atoms with van der Waals surface area (Å²) in [5.74, 6) is 0. The molecular weight excluding hydrogens is 428 g/mol. The molecule has 3 aromatic carbocycles. The fraction of sp³-hybridized carbons (Fsp3) is 0.0645. The van der Waals surface area contributed by atoms with Gasteiger partial charge in [0.1, 0.15) is 11.3 Å². The van der Waals surface area contributed by atoms with Gasteiger partial charge in [-0.25, -0.2) is 9.97 Å². The molecule has 4 heteroatoms. The second-order valence-corrected chi connectivity index (χ2v) is 9.66. The van der Waals surface area contributed by atoms with Crippen LogP contribution in [0.5, 0.6) is 0 Å². The van der Waals surface area contributed by atoms with Crippen molar-refractivity contribution in [3.63, 3.8) is 0 Å². The third-order valence-electron chi connectivity index (χ3n) is 7.99. The smallest absolute Gasteiger partial charge is 0.149 e. The summed E-state index contributed by atoms with van der Waals surface area (Å²) in [6.45, 7) is 0. The van der Waals surface area contributed by atoms with Crippen molar-refractivity contribution in [2.24, 2.45) is 0 Å². The summed E-state index contributed by atoms with van der Waals surface area (Å²) in [4.78, 5) is 14.5. The number of fused-ring (bicyclic) bond motifs is 16. The Morgan fingerprint density at radius 3 is 2.54 bits per heavy atom. The quantitative estimate of drug-likeness (QED) is 0.243. The standard InChI is InChI=1S/C31H18N4/c1-2-5-19-17(4-1)14-24-20(19)8-7-18-15-25-22(28(18)24)9-10-27-29(25)34-31-26-16-32-13-11-21(26)23-6-3-12-33-30(23)35(27)31/h1-13,16H,14-15H2. The van der Waals surface area contributed by atoms with Gasteiger partial charge in [0.05, 0.1) is 11.0 Å². The number of nitrogens with zero attached hydrogens (tertiary/aromatic N) is 4. The number of hydrogen-bond acceptors (Lipinski definition) is 3. The van der Waals surface area contributed by atoms with Crippen molar-refractivity contribution in [2.45, 2.75) is 12.8 Å². The Morgan fingerprint density at radius 1 is 0.629 bits per heavy atom. The first-order valence-electron chi connectivity index (χ1n) is 12.0. The first kappa shape index (κ1) is 17.8. The molecule has 7 aromatic rings. The molecule has 2 aliphatic rings. The maximum atomic E-state index is 5.26. The first-order valence-corrected chi connectivity index (χ1v) is 12.0. The molecular formula is C31H18N4. The Hall–Kier alpha value is -4.57. The predicted octanol–water partition coefficient (Wildman–Crippen LogP) is 6.73. The zero-order valence-corrected chi connectivity index (χ0v) is 18.8. The SMILES string of the molecule is c1ccc2c(c1)Cc1c-2ccc2c1-c1ccc3c(nc4c5cnccc5c5cccnc5n34)c1C2. The van der Waals surface area contributed by atoms with Gasteiger partial charge in [-0.15, -0.1) is 0 Å². The summed E-state index contributed by atoms with van der Waals surface area (Å²) in [5.41, 5.74) is 15.2. The van der Waals surface area contributed by atoms with E-state index in [2.05, 4.69) is 70.0 Å². The lowest BCUT2D eigenvalue weighted by atomic mass is 9.95. The van der Waals surface area contributed by atoms with Crippen LogP contribution in [0.1, 0.15) is 22.3 Å². The van der Waals surface area contributed by atoms with Gasteiger partial charge in [-0.05, 0) is 80.6 Å². The average Bonchev–Trinajstić information content (AvgIpc) is 3.59. The molecule has 4 nitrogen and oxygen atoms in total. The minimum atomic E-state index is 0.914. The first-order chi connectivity index (χ1) is 17.4. The van der Waals surface area contributed by atoms with Crippen LogP contribution in [0, 0.1) is 0 Å². The van der Waals surface area contributed by atoms with Gasteiger partial charge in [0, 0.05) is 35.8 Å². The van der Waals surface area contributed by atoms with Gasteiger partial charge in [-0.1, -0.05) is 42.5 Å². The highest BCUT2D eigenvalue weighted by atomic mass is 15.1. The molecule has 0 amide bonds. The van der Waals surface area contributed by atoms with Crippen LogP contribution in [-0.4, -0.2) is 19.4 Å². The number of imidazole rings is 1. The number of hydrogen-bond donors (Lipinski definition) is 0. The fourth-order valence-electron chi connectivity index (χ4n) is 6.53. The van der Waals surface area contributed by atoms with Gasteiger partial charge in [-0.2, -0.15) is 0 Å². The zero-order valence-electron chi connectivity index (χ0n) is 18.8. The van der Waals surface area contributed by atoms with E-state index in [-0.39, 0.29) is 0 Å². The molecule has 0 N–H and O–H groups in total. The Morgan fingerprint density at radius 2 is 1.54 bits per heavy atom. The molecule has 0 bridgehead atoms. The second-order valence-electron chi connectivity index (χ2n) is 9.66. The van der Waals surface area contributed by atoms with E-state index in [9.17, 15) is 0 Å². The maximum Gasteiger partial charge on any atom is 0.149 e. The summed E-state index contributed by atoms with van der Waals surface area (Å²) >= 11 is 0. The van der Waals surface area contributed by atoms with Crippen molar-refractivity contribution in [1.29, 1.82) is 0 Å². The Bertz CT molecular complexity index is 2070. The van der Waals surface area contributed by atoms with Gasteiger partial charge >= 0.3 is 0 Å². The monoisotopic (exact) mass is 446 g/mol. The minimum Gasteiger partial charge on any atom is -0.276 e. The van der Waals surface area contributed by atoms with Crippen LogP contribution in [0.3, 0.4) is 0 Å². The summed E-state index contributed by atoms with van der Waals surface area (Å²) < 4.78 is 2.22. The summed E-state index contributed by atoms with van der Waals surface area (Å²) in [7, 11) is 0. The van der Waals surface area contributed by atoms with Crippen molar-refractivity contribution >= 4 is 38.5 Å². The molecule has 0 fully saturated rings. The van der Waals surface area contributed by atoms with Gasteiger partial charge in [0.15, 0.2) is 0 Å². The molecule has 162 valence electrons. The van der Waals surface area contributed by atoms with Gasteiger partial charge in [-0.3, -0.25) is 9.38 Å². The number of pyridine rings is 3. The minimum absolute atomic E-state index is 0.914. The van der Waals surface area contributed by atoms with E-state index in [1.165, 1.54) is 44.5 Å². The van der Waals surface area contributed by atoms with Gasteiger partial charge in [0.25, 0.3) is 0 Å². The van der Waals surface area contributed by atoms with Gasteiger partial charge < -0.3 is 0 Å². The highest BCUT2D eigenvalue weighted by molar-refractivity contribution is 6.13. The average molecular weight is 447 g/mol. The number of aromatic nitrogens is 4. The number of benzene rings is 3. The Balaban J connectivity index is 1.39. The second kappa shape index (κ2) is 6.10. The van der Waals surface area contributed by atoms with Gasteiger partial charge in [0.2, 0.25) is 0 Å². The molecule has 0 spiro atoms. The van der Waals surface area contributed by atoms with Crippen molar-refractivity contribution in [3.05, 3.63) is 108 Å². The molecule has 2 aliphatic carbocycles. The maximum absolute atomic E-state index is 5.26. The molecule has 0 saturated heterocycles.